The number of thioether (sulfide) groups is 1. The first kappa shape index (κ1) is 26.2. The van der Waals surface area contributed by atoms with Crippen LogP contribution in [-0.4, -0.2) is 62.1 Å². The third-order valence-corrected chi connectivity index (χ3v) is 7.20. The van der Waals surface area contributed by atoms with Crippen molar-refractivity contribution < 1.29 is 25.2 Å². The van der Waals surface area contributed by atoms with Crippen LogP contribution in [0.4, 0.5) is 0 Å². The number of unbranched alkanes of at least 4 members (excludes halogenated alkanes) is 9. The zero-order valence-electron chi connectivity index (χ0n) is 18.0. The summed E-state index contributed by atoms with van der Waals surface area (Å²) < 4.78 is 5.72. The Balaban J connectivity index is 2.51. The van der Waals surface area contributed by atoms with Gasteiger partial charge in [-0.1, -0.05) is 84.5 Å². The molecule has 0 aromatic carbocycles. The number of hydrogen-bond donors (Lipinski definition) is 4. The van der Waals surface area contributed by atoms with Crippen molar-refractivity contribution in [3.8, 4) is 0 Å². The summed E-state index contributed by atoms with van der Waals surface area (Å²) >= 11 is 1.58. The largest absolute Gasteiger partial charge is 0.394 e. The fraction of sp³-hybridized carbons (Fsp3) is 1.00. The van der Waals surface area contributed by atoms with Crippen LogP contribution in [0.5, 0.6) is 0 Å². The quantitative estimate of drug-likeness (QED) is 0.282. The summed E-state index contributed by atoms with van der Waals surface area (Å²) in [6, 6.07) is 0. The van der Waals surface area contributed by atoms with Gasteiger partial charge in [0.05, 0.1) is 6.61 Å². The molecule has 1 saturated heterocycles. The van der Waals surface area contributed by atoms with Gasteiger partial charge < -0.3 is 25.2 Å². The fourth-order valence-corrected chi connectivity index (χ4v) is 5.29. The fourth-order valence-electron chi connectivity index (χ4n) is 3.78. The molecular weight excluding hydrogens is 376 g/mol. The zero-order valence-corrected chi connectivity index (χ0v) is 18.8. The monoisotopic (exact) mass is 420 g/mol. The smallest absolute Gasteiger partial charge is 0.132 e. The Kier molecular flexibility index (Phi) is 14.9. The average molecular weight is 421 g/mol. The minimum absolute atomic E-state index is 0.360. The van der Waals surface area contributed by atoms with E-state index in [4.69, 9.17) is 4.74 Å². The Morgan fingerprint density at radius 2 is 1.21 bits per heavy atom. The number of hydrogen-bond acceptors (Lipinski definition) is 6. The van der Waals surface area contributed by atoms with Gasteiger partial charge in [0.15, 0.2) is 0 Å². The lowest BCUT2D eigenvalue weighted by atomic mass is 10.0. The van der Waals surface area contributed by atoms with Crippen molar-refractivity contribution >= 4 is 11.8 Å². The van der Waals surface area contributed by atoms with E-state index in [0.717, 1.165) is 12.8 Å². The van der Waals surface area contributed by atoms with Gasteiger partial charge in [-0.25, -0.2) is 0 Å². The van der Waals surface area contributed by atoms with E-state index in [0.29, 0.717) is 5.25 Å². The number of rotatable bonds is 16. The highest BCUT2D eigenvalue weighted by Gasteiger charge is 2.44. The lowest BCUT2D eigenvalue weighted by Crippen LogP contribution is -2.57. The standard InChI is InChI=1S/C22H44O5S/c1-3-5-7-9-11-13-15-17(14-12-10-8-6-4-2)28-22-21(26)20(25)19(24)18(16-23)27-22/h17-26H,3-16H2,1-2H3/t17?,18-,19-,20+,21-,22+/m1/s1. The zero-order chi connectivity index (χ0) is 20.8. The summed E-state index contributed by atoms with van der Waals surface area (Å²) in [6.07, 6.45) is 11.4. The van der Waals surface area contributed by atoms with Crippen LogP contribution in [0.15, 0.2) is 0 Å². The van der Waals surface area contributed by atoms with E-state index in [1.165, 1.54) is 70.6 Å². The molecule has 1 heterocycles. The Labute approximate surface area is 176 Å². The molecule has 0 radical (unpaired) electrons. The topological polar surface area (TPSA) is 90.2 Å². The van der Waals surface area contributed by atoms with Crippen LogP contribution < -0.4 is 0 Å². The average Bonchev–Trinajstić information content (AvgIpc) is 2.70. The van der Waals surface area contributed by atoms with Crippen molar-refractivity contribution in [2.45, 2.75) is 132 Å². The van der Waals surface area contributed by atoms with E-state index in [9.17, 15) is 20.4 Å². The summed E-state index contributed by atoms with van der Waals surface area (Å²) in [4.78, 5) is 0. The van der Waals surface area contributed by atoms with Crippen LogP contribution in [-0.2, 0) is 4.74 Å². The normalized spacial score (nSPS) is 29.1. The van der Waals surface area contributed by atoms with Crippen LogP contribution >= 0.6 is 11.8 Å². The van der Waals surface area contributed by atoms with Crippen molar-refractivity contribution in [1.29, 1.82) is 0 Å². The van der Waals surface area contributed by atoms with Gasteiger partial charge in [-0.05, 0) is 12.8 Å². The Morgan fingerprint density at radius 3 is 1.71 bits per heavy atom. The van der Waals surface area contributed by atoms with Crippen LogP contribution in [0, 0.1) is 0 Å². The molecule has 1 rings (SSSR count). The second kappa shape index (κ2) is 15.9. The third kappa shape index (κ3) is 9.77. The molecule has 0 bridgehead atoms. The first-order valence-electron chi connectivity index (χ1n) is 11.5. The molecule has 1 fully saturated rings. The van der Waals surface area contributed by atoms with Gasteiger partial charge in [0.25, 0.3) is 0 Å². The summed E-state index contributed by atoms with van der Waals surface area (Å²) in [5.41, 5.74) is -0.601. The SMILES string of the molecule is CCCCCCCCC(CCCCCCC)S[C@@H]1O[C@H](CO)[C@@H](O)[C@H](O)[C@H]1O. The van der Waals surface area contributed by atoms with Crippen LogP contribution in [0.25, 0.3) is 0 Å². The summed E-state index contributed by atoms with van der Waals surface area (Å²) in [5, 5.41) is 40.1. The minimum Gasteiger partial charge on any atom is -0.394 e. The molecular formula is C22H44O5S. The van der Waals surface area contributed by atoms with Gasteiger partial charge in [0.2, 0.25) is 0 Å². The molecule has 0 amide bonds. The van der Waals surface area contributed by atoms with Crippen molar-refractivity contribution in [2.24, 2.45) is 0 Å². The molecule has 28 heavy (non-hydrogen) atoms. The van der Waals surface area contributed by atoms with E-state index in [1.54, 1.807) is 11.8 Å². The van der Waals surface area contributed by atoms with Crippen molar-refractivity contribution in [1.82, 2.24) is 0 Å². The molecule has 1 aliphatic heterocycles. The lowest BCUT2D eigenvalue weighted by molar-refractivity contribution is -0.205. The van der Waals surface area contributed by atoms with E-state index < -0.39 is 29.9 Å². The molecule has 0 aromatic rings. The first-order valence-corrected chi connectivity index (χ1v) is 12.4. The molecule has 168 valence electrons. The van der Waals surface area contributed by atoms with Gasteiger partial charge in [-0.3, -0.25) is 0 Å². The predicted molar refractivity (Wildman–Crippen MR) is 117 cm³/mol. The lowest BCUT2D eigenvalue weighted by Gasteiger charge is -2.40. The molecule has 1 aliphatic rings. The highest BCUT2D eigenvalue weighted by Crippen LogP contribution is 2.35. The Morgan fingerprint density at radius 1 is 0.714 bits per heavy atom. The number of aliphatic hydroxyl groups excluding tert-OH is 4. The molecule has 0 spiro atoms. The van der Waals surface area contributed by atoms with Crippen LogP contribution in [0.3, 0.4) is 0 Å². The summed E-state index contributed by atoms with van der Waals surface area (Å²) in [6.45, 7) is 4.09. The molecule has 1 unspecified atom stereocenters. The second-order valence-electron chi connectivity index (χ2n) is 8.21. The highest BCUT2D eigenvalue weighted by molar-refractivity contribution is 8.00. The van der Waals surface area contributed by atoms with Gasteiger partial charge in [-0.15, -0.1) is 11.8 Å². The van der Waals surface area contributed by atoms with Gasteiger partial charge in [-0.2, -0.15) is 0 Å². The van der Waals surface area contributed by atoms with E-state index in [1.807, 2.05) is 0 Å². The van der Waals surface area contributed by atoms with E-state index >= 15 is 0 Å². The maximum absolute atomic E-state index is 10.3. The summed E-state index contributed by atoms with van der Waals surface area (Å²) in [5.74, 6) is 0. The molecule has 6 heteroatoms. The van der Waals surface area contributed by atoms with Crippen LogP contribution in [0.2, 0.25) is 0 Å². The Hall–Kier alpha value is 0.150. The molecule has 4 N–H and O–H groups in total. The Bertz CT molecular complexity index is 369. The van der Waals surface area contributed by atoms with Gasteiger partial charge in [0.1, 0.15) is 29.9 Å². The molecule has 0 saturated carbocycles. The van der Waals surface area contributed by atoms with Crippen molar-refractivity contribution in [3.63, 3.8) is 0 Å². The second-order valence-corrected chi connectivity index (χ2v) is 9.62. The van der Waals surface area contributed by atoms with Crippen molar-refractivity contribution in [2.75, 3.05) is 6.61 Å². The molecule has 0 aromatic heterocycles. The maximum atomic E-state index is 10.3. The predicted octanol–water partition coefficient (Wildman–Crippen LogP) is 4.00. The van der Waals surface area contributed by atoms with Gasteiger partial charge >= 0.3 is 0 Å². The van der Waals surface area contributed by atoms with Gasteiger partial charge in [0, 0.05) is 5.25 Å². The molecule has 5 nitrogen and oxygen atoms in total. The molecule has 6 atom stereocenters. The van der Waals surface area contributed by atoms with E-state index in [-0.39, 0.29) is 6.61 Å². The summed E-state index contributed by atoms with van der Waals surface area (Å²) in [7, 11) is 0. The van der Waals surface area contributed by atoms with E-state index in [2.05, 4.69) is 13.8 Å². The van der Waals surface area contributed by atoms with Crippen LogP contribution in [0.1, 0.15) is 97.3 Å². The molecule has 0 aliphatic carbocycles. The van der Waals surface area contributed by atoms with Crippen molar-refractivity contribution in [3.05, 3.63) is 0 Å². The minimum atomic E-state index is -1.28. The number of ether oxygens (including phenoxy) is 1. The highest BCUT2D eigenvalue weighted by atomic mass is 32.2. The first-order chi connectivity index (χ1) is 13.5. The third-order valence-electron chi connectivity index (χ3n) is 5.68. The maximum Gasteiger partial charge on any atom is 0.132 e. The number of aliphatic hydroxyl groups is 4.